The van der Waals surface area contributed by atoms with E-state index in [1.807, 2.05) is 5.48 Å². The molecule has 3 amide bonds. The van der Waals surface area contributed by atoms with Gasteiger partial charge in [-0.3, -0.25) is 19.2 Å². The molecule has 0 atom stereocenters. The van der Waals surface area contributed by atoms with Gasteiger partial charge in [0.2, 0.25) is 17.7 Å². The van der Waals surface area contributed by atoms with Gasteiger partial charge in [-0.25, -0.2) is 5.48 Å². The fraction of sp³-hybridized carbons (Fsp3) is 0.571. The summed E-state index contributed by atoms with van der Waals surface area (Å²) in [6, 6.07) is 0. The summed E-state index contributed by atoms with van der Waals surface area (Å²) in [5.74, 6) is -0.846. The van der Waals surface area contributed by atoms with Gasteiger partial charge in [0.15, 0.2) is 6.61 Å². The Morgan fingerprint density at radius 3 is 2.40 bits per heavy atom. The number of hydrogen-bond donors (Lipinski definition) is 3. The quantitative estimate of drug-likeness (QED) is 0.336. The lowest BCUT2D eigenvalue weighted by Crippen LogP contribution is -2.29. The van der Waals surface area contributed by atoms with Crippen LogP contribution in [0.1, 0.15) is 6.42 Å². The Balaban J connectivity index is 3.33. The van der Waals surface area contributed by atoms with Crippen LogP contribution in [-0.2, 0) is 19.2 Å². The number of rotatable bonds is 8. The molecular formula is C7H13N3O4S. The molecule has 0 saturated heterocycles. The summed E-state index contributed by atoms with van der Waals surface area (Å²) >= 11 is 1.25. The van der Waals surface area contributed by atoms with Crippen LogP contribution in [-0.4, -0.2) is 35.8 Å². The normalized spacial score (nSPS) is 9.60. The topological polar surface area (TPSA) is 125 Å². The Morgan fingerprint density at radius 2 is 1.87 bits per heavy atom. The molecule has 0 unspecified atom stereocenters. The third-order valence-electron chi connectivity index (χ3n) is 1.12. The molecule has 0 aromatic carbocycles. The number of nitrogens with two attached hydrogens (primary N) is 2. The number of thioether (sulfide) groups is 1. The van der Waals surface area contributed by atoms with Gasteiger partial charge in [0.25, 0.3) is 0 Å². The van der Waals surface area contributed by atoms with Crippen LogP contribution in [0.25, 0.3) is 0 Å². The van der Waals surface area contributed by atoms with Crippen LogP contribution in [0.15, 0.2) is 0 Å². The average molecular weight is 235 g/mol. The fourth-order valence-electron chi connectivity index (χ4n) is 0.576. The summed E-state index contributed by atoms with van der Waals surface area (Å²) in [6.07, 6.45) is 0.177. The van der Waals surface area contributed by atoms with Crippen molar-refractivity contribution in [3.05, 3.63) is 0 Å². The molecule has 7 nitrogen and oxygen atoms in total. The number of carbonyl (C=O) groups excluding carboxylic acids is 3. The SMILES string of the molecule is NC(=O)CONC(=O)CCSCC(N)=O. The zero-order valence-corrected chi connectivity index (χ0v) is 8.84. The van der Waals surface area contributed by atoms with Crippen molar-refractivity contribution in [1.29, 1.82) is 0 Å². The number of amides is 3. The van der Waals surface area contributed by atoms with Gasteiger partial charge in [-0.1, -0.05) is 0 Å². The molecule has 0 aliphatic carbocycles. The van der Waals surface area contributed by atoms with E-state index in [1.54, 1.807) is 0 Å². The lowest BCUT2D eigenvalue weighted by molar-refractivity contribution is -0.137. The van der Waals surface area contributed by atoms with E-state index in [4.69, 9.17) is 11.5 Å². The standard InChI is InChI=1S/C7H13N3O4S/c8-5(11)3-14-10-7(13)1-2-15-4-6(9)12/h1-4H2,(H2,8,11)(H2,9,12)(H,10,13). The van der Waals surface area contributed by atoms with Crippen molar-refractivity contribution < 1.29 is 19.2 Å². The Labute approximate surface area is 90.8 Å². The molecule has 0 aromatic heterocycles. The van der Waals surface area contributed by atoms with Crippen LogP contribution in [0, 0.1) is 0 Å². The van der Waals surface area contributed by atoms with E-state index in [0.717, 1.165) is 0 Å². The molecule has 0 aliphatic rings. The number of nitrogens with one attached hydrogen (secondary N) is 1. The molecule has 86 valence electrons. The Hall–Kier alpha value is -1.28. The molecule has 0 aromatic rings. The van der Waals surface area contributed by atoms with Gasteiger partial charge in [-0.15, -0.1) is 0 Å². The van der Waals surface area contributed by atoms with Crippen LogP contribution < -0.4 is 16.9 Å². The first-order chi connectivity index (χ1) is 7.02. The van der Waals surface area contributed by atoms with Gasteiger partial charge in [0, 0.05) is 12.2 Å². The third-order valence-corrected chi connectivity index (χ3v) is 2.10. The number of hydrogen-bond acceptors (Lipinski definition) is 5. The highest BCUT2D eigenvalue weighted by molar-refractivity contribution is 7.99. The van der Waals surface area contributed by atoms with Gasteiger partial charge < -0.3 is 11.5 Å². The van der Waals surface area contributed by atoms with Crippen LogP contribution in [0.2, 0.25) is 0 Å². The number of primary amides is 2. The van der Waals surface area contributed by atoms with E-state index in [2.05, 4.69) is 4.84 Å². The first-order valence-electron chi connectivity index (χ1n) is 4.07. The van der Waals surface area contributed by atoms with Gasteiger partial charge in [0.05, 0.1) is 5.75 Å². The minimum absolute atomic E-state index is 0.176. The molecule has 0 fully saturated rings. The Bertz CT molecular complexity index is 246. The van der Waals surface area contributed by atoms with Crippen molar-refractivity contribution in [2.24, 2.45) is 11.5 Å². The van der Waals surface area contributed by atoms with Crippen molar-refractivity contribution in [2.75, 3.05) is 18.1 Å². The van der Waals surface area contributed by atoms with Crippen LogP contribution in [0.3, 0.4) is 0 Å². The molecule has 0 aliphatic heterocycles. The third kappa shape index (κ3) is 10.6. The smallest absolute Gasteiger partial charge is 0.246 e. The van der Waals surface area contributed by atoms with E-state index >= 15 is 0 Å². The highest BCUT2D eigenvalue weighted by Crippen LogP contribution is 2.00. The Kier molecular flexibility index (Phi) is 7.38. The van der Waals surface area contributed by atoms with Crippen molar-refractivity contribution in [3.63, 3.8) is 0 Å². The zero-order valence-electron chi connectivity index (χ0n) is 8.02. The summed E-state index contributed by atoms with van der Waals surface area (Å²) in [7, 11) is 0. The van der Waals surface area contributed by atoms with Gasteiger partial charge >= 0.3 is 0 Å². The van der Waals surface area contributed by atoms with E-state index in [9.17, 15) is 14.4 Å². The van der Waals surface area contributed by atoms with E-state index in [0.29, 0.717) is 5.75 Å². The molecular weight excluding hydrogens is 222 g/mol. The van der Waals surface area contributed by atoms with Crippen LogP contribution >= 0.6 is 11.8 Å². The number of carbonyl (C=O) groups is 3. The first kappa shape index (κ1) is 13.7. The molecule has 0 saturated carbocycles. The summed E-state index contributed by atoms with van der Waals surface area (Å²) < 4.78 is 0. The molecule has 0 rings (SSSR count). The summed E-state index contributed by atoms with van der Waals surface area (Å²) in [4.78, 5) is 35.9. The summed E-state index contributed by atoms with van der Waals surface area (Å²) in [6.45, 7) is -0.361. The predicted molar refractivity (Wildman–Crippen MR) is 54.4 cm³/mol. The molecule has 0 radical (unpaired) electrons. The second-order valence-corrected chi connectivity index (χ2v) is 3.65. The van der Waals surface area contributed by atoms with E-state index in [1.165, 1.54) is 11.8 Å². The van der Waals surface area contributed by atoms with Gasteiger partial charge in [0.1, 0.15) is 0 Å². The molecule has 8 heteroatoms. The summed E-state index contributed by atoms with van der Waals surface area (Å²) in [5.41, 5.74) is 11.7. The molecule has 0 heterocycles. The second-order valence-electron chi connectivity index (χ2n) is 2.55. The molecule has 0 bridgehead atoms. The first-order valence-corrected chi connectivity index (χ1v) is 5.23. The minimum atomic E-state index is -0.668. The van der Waals surface area contributed by atoms with Gasteiger partial charge in [-0.05, 0) is 0 Å². The fourth-order valence-corrected chi connectivity index (χ4v) is 1.25. The lowest BCUT2D eigenvalue weighted by atomic mass is 10.5. The van der Waals surface area contributed by atoms with E-state index in [-0.39, 0.29) is 24.7 Å². The zero-order chi connectivity index (χ0) is 11.7. The lowest BCUT2D eigenvalue weighted by Gasteiger charge is -2.03. The molecule has 5 N–H and O–H groups in total. The maximum atomic E-state index is 11.0. The number of hydroxylamine groups is 1. The molecule has 0 spiro atoms. The monoisotopic (exact) mass is 235 g/mol. The maximum absolute atomic E-state index is 11.0. The largest absolute Gasteiger partial charge is 0.369 e. The Morgan fingerprint density at radius 1 is 1.20 bits per heavy atom. The van der Waals surface area contributed by atoms with Crippen molar-refractivity contribution >= 4 is 29.5 Å². The van der Waals surface area contributed by atoms with Gasteiger partial charge in [-0.2, -0.15) is 11.8 Å². The van der Waals surface area contributed by atoms with Crippen molar-refractivity contribution in [1.82, 2.24) is 5.48 Å². The average Bonchev–Trinajstić information content (AvgIpc) is 2.11. The minimum Gasteiger partial charge on any atom is -0.369 e. The predicted octanol–water partition coefficient (Wildman–Crippen LogP) is -1.87. The van der Waals surface area contributed by atoms with Crippen LogP contribution in [0.4, 0.5) is 0 Å². The maximum Gasteiger partial charge on any atom is 0.246 e. The molecule has 15 heavy (non-hydrogen) atoms. The summed E-state index contributed by atoms with van der Waals surface area (Å²) in [5, 5.41) is 0. The highest BCUT2D eigenvalue weighted by Gasteiger charge is 2.03. The highest BCUT2D eigenvalue weighted by atomic mass is 32.2. The van der Waals surface area contributed by atoms with Crippen molar-refractivity contribution in [2.45, 2.75) is 6.42 Å². The van der Waals surface area contributed by atoms with E-state index < -0.39 is 11.8 Å². The second kappa shape index (κ2) is 8.06. The van der Waals surface area contributed by atoms with Crippen LogP contribution in [0.5, 0.6) is 0 Å². The van der Waals surface area contributed by atoms with Crippen molar-refractivity contribution in [3.8, 4) is 0 Å².